The maximum Gasteiger partial charge on any atom is 0.246 e. The summed E-state index contributed by atoms with van der Waals surface area (Å²) in [4.78, 5) is 0. The van der Waals surface area contributed by atoms with Gasteiger partial charge in [0.2, 0.25) is 10.0 Å². The minimum absolute atomic E-state index is 0.207. The van der Waals surface area contributed by atoms with Crippen molar-refractivity contribution in [2.24, 2.45) is 0 Å². The molecule has 1 aromatic rings. The number of sulfonamides is 1. The lowest BCUT2D eigenvalue weighted by Gasteiger charge is -2.13. The molecule has 0 aliphatic heterocycles. The molecule has 0 saturated carbocycles. The molecule has 0 atom stereocenters. The van der Waals surface area contributed by atoms with Crippen molar-refractivity contribution in [1.82, 2.24) is 0 Å². The molecule has 0 bridgehead atoms. The summed E-state index contributed by atoms with van der Waals surface area (Å²) in [5.74, 6) is 0.678. The number of benzene rings is 1. The third kappa shape index (κ3) is 3.55. The van der Waals surface area contributed by atoms with Crippen LogP contribution in [0.4, 0.5) is 5.69 Å². The van der Waals surface area contributed by atoms with Gasteiger partial charge in [-0.15, -0.1) is 11.6 Å². The van der Waals surface area contributed by atoms with Gasteiger partial charge >= 0.3 is 0 Å². The molecule has 1 rings (SSSR count). The number of hydrogen-bond donors (Lipinski definition) is 1. The lowest BCUT2D eigenvalue weighted by Crippen LogP contribution is -2.14. The Bertz CT molecular complexity index is 504. The molecule has 0 amide bonds. The summed E-state index contributed by atoms with van der Waals surface area (Å²) in [6.07, 6.45) is 0. The van der Waals surface area contributed by atoms with Crippen molar-refractivity contribution < 1.29 is 17.9 Å². The van der Waals surface area contributed by atoms with Gasteiger partial charge in [-0.25, -0.2) is 8.42 Å². The van der Waals surface area contributed by atoms with Crippen molar-refractivity contribution in [1.29, 1.82) is 0 Å². The van der Waals surface area contributed by atoms with Crippen molar-refractivity contribution in [3.05, 3.63) is 17.2 Å². The number of anilines is 1. The van der Waals surface area contributed by atoms with Gasteiger partial charge < -0.3 is 9.47 Å². The normalized spacial score (nSPS) is 11.1. The van der Waals surface area contributed by atoms with Crippen LogP contribution in [0.1, 0.15) is 0 Å². The Morgan fingerprint density at radius 2 is 1.82 bits per heavy atom. The standard InChI is InChI=1S/C9H11Cl2NO4S/c1-15-8-4-9(16-2)7(3-6(8)11)12-17(13,14)5-10/h3-4,12H,5H2,1-2H3. The van der Waals surface area contributed by atoms with Crippen LogP contribution < -0.4 is 14.2 Å². The van der Waals surface area contributed by atoms with Crippen molar-refractivity contribution in [2.75, 3.05) is 24.2 Å². The molecular weight excluding hydrogens is 289 g/mol. The van der Waals surface area contributed by atoms with Crippen LogP contribution in [0.3, 0.4) is 0 Å². The third-order valence-electron chi connectivity index (χ3n) is 1.88. The predicted octanol–water partition coefficient (Wildman–Crippen LogP) is 2.30. The Hall–Kier alpha value is -0.850. The lowest BCUT2D eigenvalue weighted by molar-refractivity contribution is 0.396. The zero-order chi connectivity index (χ0) is 13.1. The van der Waals surface area contributed by atoms with E-state index in [1.165, 1.54) is 26.4 Å². The van der Waals surface area contributed by atoms with E-state index in [4.69, 9.17) is 32.7 Å². The maximum atomic E-state index is 11.3. The average Bonchev–Trinajstić information content (AvgIpc) is 2.29. The van der Waals surface area contributed by atoms with E-state index in [2.05, 4.69) is 4.72 Å². The Labute approximate surface area is 110 Å². The first kappa shape index (κ1) is 14.2. The molecule has 0 radical (unpaired) electrons. The van der Waals surface area contributed by atoms with Crippen LogP contribution in [0.15, 0.2) is 12.1 Å². The fraction of sp³-hybridized carbons (Fsp3) is 0.333. The van der Waals surface area contributed by atoms with Crippen molar-refractivity contribution in [3.8, 4) is 11.5 Å². The summed E-state index contributed by atoms with van der Waals surface area (Å²) in [5.41, 5.74) is 0.207. The topological polar surface area (TPSA) is 64.6 Å². The highest BCUT2D eigenvalue weighted by atomic mass is 35.5. The van der Waals surface area contributed by atoms with Crippen LogP contribution in [0.5, 0.6) is 11.5 Å². The Kier molecular flexibility index (Phi) is 4.73. The highest BCUT2D eigenvalue weighted by Crippen LogP contribution is 2.36. The summed E-state index contributed by atoms with van der Waals surface area (Å²) in [6.45, 7) is 0. The van der Waals surface area contributed by atoms with Gasteiger partial charge in [-0.05, 0) is 6.07 Å². The average molecular weight is 300 g/mol. The summed E-state index contributed by atoms with van der Waals surface area (Å²) in [5, 5.41) is -0.291. The van der Waals surface area contributed by atoms with E-state index in [1.54, 1.807) is 0 Å². The van der Waals surface area contributed by atoms with Gasteiger partial charge in [0.25, 0.3) is 0 Å². The highest BCUT2D eigenvalue weighted by molar-refractivity contribution is 7.93. The molecule has 0 aliphatic carbocycles. The van der Waals surface area contributed by atoms with E-state index in [0.717, 1.165) is 0 Å². The fourth-order valence-electron chi connectivity index (χ4n) is 1.13. The van der Waals surface area contributed by atoms with E-state index in [-0.39, 0.29) is 10.7 Å². The molecule has 0 unspecified atom stereocenters. The Morgan fingerprint density at radius 3 is 2.29 bits per heavy atom. The summed E-state index contributed by atoms with van der Waals surface area (Å²) >= 11 is 11.2. The molecule has 0 saturated heterocycles. The van der Waals surface area contributed by atoms with Crippen molar-refractivity contribution in [2.45, 2.75) is 0 Å². The van der Waals surface area contributed by atoms with Crippen LogP contribution in [0.2, 0.25) is 5.02 Å². The molecule has 0 fully saturated rings. The largest absolute Gasteiger partial charge is 0.495 e. The second-order valence-corrected chi connectivity index (χ2v) is 5.73. The summed E-state index contributed by atoms with van der Waals surface area (Å²) in [6, 6.07) is 2.87. The molecule has 8 heteroatoms. The van der Waals surface area contributed by atoms with Gasteiger partial charge in [-0.3, -0.25) is 4.72 Å². The first-order valence-electron chi connectivity index (χ1n) is 4.41. The van der Waals surface area contributed by atoms with Gasteiger partial charge in [0.1, 0.15) is 16.7 Å². The molecular formula is C9H11Cl2NO4S. The number of hydrogen-bond acceptors (Lipinski definition) is 4. The van der Waals surface area contributed by atoms with Crippen LogP contribution in [-0.2, 0) is 10.0 Å². The Morgan fingerprint density at radius 1 is 1.24 bits per heavy atom. The van der Waals surface area contributed by atoms with Gasteiger partial charge in [-0.2, -0.15) is 0 Å². The molecule has 96 valence electrons. The van der Waals surface area contributed by atoms with Crippen LogP contribution >= 0.6 is 23.2 Å². The fourth-order valence-corrected chi connectivity index (χ4v) is 2.09. The van der Waals surface area contributed by atoms with Crippen LogP contribution in [-0.4, -0.2) is 27.8 Å². The smallest absolute Gasteiger partial charge is 0.246 e. The van der Waals surface area contributed by atoms with E-state index >= 15 is 0 Å². The number of halogens is 2. The van der Waals surface area contributed by atoms with Crippen molar-refractivity contribution >= 4 is 38.9 Å². The second kappa shape index (κ2) is 5.66. The highest BCUT2D eigenvalue weighted by Gasteiger charge is 2.15. The van der Waals surface area contributed by atoms with E-state index in [0.29, 0.717) is 11.5 Å². The van der Waals surface area contributed by atoms with Gasteiger partial charge in [0.15, 0.2) is 0 Å². The number of rotatable bonds is 5. The summed E-state index contributed by atoms with van der Waals surface area (Å²) < 4.78 is 34.9. The zero-order valence-electron chi connectivity index (χ0n) is 9.16. The van der Waals surface area contributed by atoms with E-state index < -0.39 is 15.2 Å². The first-order valence-corrected chi connectivity index (χ1v) is 6.98. The molecule has 0 spiro atoms. The molecule has 0 heterocycles. The quantitative estimate of drug-likeness (QED) is 0.847. The predicted molar refractivity (Wildman–Crippen MR) is 67.8 cm³/mol. The minimum Gasteiger partial charge on any atom is -0.495 e. The first-order chi connectivity index (χ1) is 7.93. The minimum atomic E-state index is -3.61. The molecule has 0 aliphatic rings. The van der Waals surface area contributed by atoms with Crippen LogP contribution in [0.25, 0.3) is 0 Å². The molecule has 5 nitrogen and oxygen atoms in total. The number of ether oxygens (including phenoxy) is 2. The van der Waals surface area contributed by atoms with Gasteiger partial charge in [0.05, 0.1) is 24.9 Å². The molecule has 1 aromatic carbocycles. The Balaban J connectivity index is 3.20. The maximum absolute atomic E-state index is 11.3. The molecule has 1 N–H and O–H groups in total. The zero-order valence-corrected chi connectivity index (χ0v) is 11.5. The monoisotopic (exact) mass is 299 g/mol. The number of methoxy groups -OCH3 is 2. The van der Waals surface area contributed by atoms with Crippen molar-refractivity contribution in [3.63, 3.8) is 0 Å². The summed E-state index contributed by atoms with van der Waals surface area (Å²) in [7, 11) is -0.754. The van der Waals surface area contributed by atoms with Crippen LogP contribution in [0, 0.1) is 0 Å². The van der Waals surface area contributed by atoms with Gasteiger partial charge in [-0.1, -0.05) is 11.6 Å². The number of alkyl halides is 1. The lowest BCUT2D eigenvalue weighted by atomic mass is 10.3. The van der Waals surface area contributed by atoms with Gasteiger partial charge in [0, 0.05) is 6.07 Å². The number of nitrogens with one attached hydrogen (secondary N) is 1. The molecule has 0 aromatic heterocycles. The SMILES string of the molecule is COc1cc(OC)c(NS(=O)(=O)CCl)cc1Cl. The third-order valence-corrected chi connectivity index (χ3v) is 3.86. The molecule has 17 heavy (non-hydrogen) atoms. The van der Waals surface area contributed by atoms with E-state index in [9.17, 15) is 8.42 Å². The second-order valence-electron chi connectivity index (χ2n) is 3.01. The van der Waals surface area contributed by atoms with E-state index in [1.807, 2.05) is 0 Å².